The van der Waals surface area contributed by atoms with Crippen molar-refractivity contribution in [1.82, 2.24) is 0 Å². The largest absolute Gasteiger partial charge is 0.493 e. The molecule has 2 aliphatic heterocycles. The van der Waals surface area contributed by atoms with E-state index in [9.17, 15) is 0 Å². The molecule has 1 unspecified atom stereocenters. The van der Waals surface area contributed by atoms with Crippen LogP contribution >= 0.6 is 11.8 Å². The second-order valence-electron chi connectivity index (χ2n) is 4.89. The third-order valence-electron chi connectivity index (χ3n) is 3.53. The van der Waals surface area contributed by atoms with Gasteiger partial charge in [0.05, 0.1) is 6.61 Å². The van der Waals surface area contributed by atoms with Gasteiger partial charge in [0.2, 0.25) is 0 Å². The van der Waals surface area contributed by atoms with Crippen LogP contribution in [0, 0.1) is 5.92 Å². The van der Waals surface area contributed by atoms with E-state index in [1.54, 1.807) is 0 Å². The number of thioether (sulfide) groups is 1. The van der Waals surface area contributed by atoms with Crippen LogP contribution in [0.1, 0.15) is 18.4 Å². The summed E-state index contributed by atoms with van der Waals surface area (Å²) < 4.78 is 5.93. The number of rotatable bonds is 3. The average Bonchev–Trinajstić information content (AvgIpc) is 2.85. The molecule has 17 heavy (non-hydrogen) atoms. The van der Waals surface area contributed by atoms with Crippen molar-refractivity contribution in [3.05, 3.63) is 23.8 Å². The zero-order valence-corrected chi connectivity index (χ0v) is 10.9. The first kappa shape index (κ1) is 11.3. The van der Waals surface area contributed by atoms with Gasteiger partial charge in [-0.25, -0.2) is 0 Å². The van der Waals surface area contributed by atoms with Crippen LogP contribution in [0.4, 0.5) is 5.69 Å². The monoisotopic (exact) mass is 249 g/mol. The highest BCUT2D eigenvalue weighted by molar-refractivity contribution is 7.99. The summed E-state index contributed by atoms with van der Waals surface area (Å²) >= 11 is 2.07. The molecule has 1 N–H and O–H groups in total. The molecule has 1 fully saturated rings. The molecule has 2 heterocycles. The molecular weight excluding hydrogens is 230 g/mol. The van der Waals surface area contributed by atoms with Crippen molar-refractivity contribution >= 4 is 17.4 Å². The van der Waals surface area contributed by atoms with E-state index in [0.717, 1.165) is 31.2 Å². The molecule has 1 aromatic rings. The Labute approximate surface area is 107 Å². The van der Waals surface area contributed by atoms with E-state index in [4.69, 9.17) is 4.74 Å². The Balaban J connectivity index is 1.57. The van der Waals surface area contributed by atoms with E-state index < -0.39 is 0 Å². The highest BCUT2D eigenvalue weighted by Gasteiger charge is 2.15. The standard InChI is InChI=1S/C14H19NOS/c1-2-11(10-17-7-1)9-16-13-3-4-14-12(8-13)5-6-15-14/h3-4,8,11,15H,1-2,5-7,9-10H2. The lowest BCUT2D eigenvalue weighted by atomic mass is 10.1. The van der Waals surface area contributed by atoms with Gasteiger partial charge in [-0.1, -0.05) is 0 Å². The van der Waals surface area contributed by atoms with Gasteiger partial charge >= 0.3 is 0 Å². The van der Waals surface area contributed by atoms with Gasteiger partial charge in [-0.15, -0.1) is 0 Å². The Morgan fingerprint density at radius 3 is 3.29 bits per heavy atom. The van der Waals surface area contributed by atoms with Crippen molar-refractivity contribution in [2.24, 2.45) is 5.92 Å². The molecule has 0 bridgehead atoms. The molecule has 0 saturated carbocycles. The highest BCUT2D eigenvalue weighted by atomic mass is 32.2. The van der Waals surface area contributed by atoms with Crippen molar-refractivity contribution in [3.8, 4) is 5.75 Å². The summed E-state index contributed by atoms with van der Waals surface area (Å²) in [6.45, 7) is 1.96. The lowest BCUT2D eigenvalue weighted by Gasteiger charge is -2.21. The maximum Gasteiger partial charge on any atom is 0.119 e. The summed E-state index contributed by atoms with van der Waals surface area (Å²) in [5.41, 5.74) is 2.69. The molecule has 2 nitrogen and oxygen atoms in total. The molecule has 3 heteroatoms. The van der Waals surface area contributed by atoms with Gasteiger partial charge in [0, 0.05) is 18.2 Å². The molecule has 1 saturated heterocycles. The summed E-state index contributed by atoms with van der Waals surface area (Å²) in [7, 11) is 0. The van der Waals surface area contributed by atoms with E-state index in [1.165, 1.54) is 35.6 Å². The van der Waals surface area contributed by atoms with E-state index in [2.05, 4.69) is 35.3 Å². The molecule has 2 aliphatic rings. The molecule has 0 radical (unpaired) electrons. The Morgan fingerprint density at radius 1 is 1.41 bits per heavy atom. The van der Waals surface area contributed by atoms with Crippen molar-refractivity contribution < 1.29 is 4.74 Å². The second-order valence-corrected chi connectivity index (χ2v) is 6.04. The number of hydrogen-bond acceptors (Lipinski definition) is 3. The van der Waals surface area contributed by atoms with Crippen LogP contribution in [0.25, 0.3) is 0 Å². The topological polar surface area (TPSA) is 21.3 Å². The summed E-state index contributed by atoms with van der Waals surface area (Å²) in [5, 5.41) is 3.37. The fourth-order valence-corrected chi connectivity index (χ4v) is 3.66. The predicted octanol–water partition coefficient (Wildman–Crippen LogP) is 3.18. The Morgan fingerprint density at radius 2 is 2.41 bits per heavy atom. The molecule has 0 aromatic heterocycles. The third-order valence-corrected chi connectivity index (χ3v) is 4.81. The number of hydrogen-bond donors (Lipinski definition) is 1. The maximum atomic E-state index is 5.93. The number of nitrogens with one attached hydrogen (secondary N) is 1. The van der Waals surface area contributed by atoms with Crippen LogP contribution in [-0.4, -0.2) is 24.7 Å². The molecule has 0 aliphatic carbocycles. The lowest BCUT2D eigenvalue weighted by Crippen LogP contribution is -2.18. The molecule has 0 amide bonds. The summed E-state index contributed by atoms with van der Waals surface area (Å²) in [6.07, 6.45) is 3.82. The van der Waals surface area contributed by atoms with Gasteiger partial charge in [-0.3, -0.25) is 0 Å². The molecular formula is C14H19NOS. The maximum absolute atomic E-state index is 5.93. The van der Waals surface area contributed by atoms with Gasteiger partial charge in [0.25, 0.3) is 0 Å². The number of ether oxygens (including phenoxy) is 1. The first-order valence-corrected chi connectivity index (χ1v) is 7.64. The minimum Gasteiger partial charge on any atom is -0.493 e. The fraction of sp³-hybridized carbons (Fsp3) is 0.571. The van der Waals surface area contributed by atoms with Gasteiger partial charge in [0.15, 0.2) is 0 Å². The van der Waals surface area contributed by atoms with Crippen LogP contribution in [0.2, 0.25) is 0 Å². The van der Waals surface area contributed by atoms with Crippen LogP contribution in [-0.2, 0) is 6.42 Å². The van der Waals surface area contributed by atoms with Crippen LogP contribution < -0.4 is 10.1 Å². The molecule has 1 atom stereocenters. The average molecular weight is 249 g/mol. The van der Waals surface area contributed by atoms with Gasteiger partial charge in [-0.05, 0) is 54.5 Å². The zero-order valence-electron chi connectivity index (χ0n) is 10.1. The van der Waals surface area contributed by atoms with Crippen molar-refractivity contribution in [1.29, 1.82) is 0 Å². The van der Waals surface area contributed by atoms with Gasteiger partial charge < -0.3 is 10.1 Å². The number of benzene rings is 1. The minimum atomic E-state index is 0.750. The van der Waals surface area contributed by atoms with Crippen LogP contribution in [0.3, 0.4) is 0 Å². The molecule has 1 aromatic carbocycles. The highest BCUT2D eigenvalue weighted by Crippen LogP contribution is 2.28. The summed E-state index contributed by atoms with van der Waals surface area (Å²) in [4.78, 5) is 0. The summed E-state index contributed by atoms with van der Waals surface area (Å²) in [6, 6.07) is 6.44. The normalized spacial score (nSPS) is 22.9. The van der Waals surface area contributed by atoms with Crippen molar-refractivity contribution in [3.63, 3.8) is 0 Å². The van der Waals surface area contributed by atoms with E-state index >= 15 is 0 Å². The fourth-order valence-electron chi connectivity index (χ4n) is 2.52. The minimum absolute atomic E-state index is 0.750. The zero-order chi connectivity index (χ0) is 11.5. The smallest absolute Gasteiger partial charge is 0.119 e. The Bertz CT molecular complexity index is 388. The van der Waals surface area contributed by atoms with Gasteiger partial charge in [0.1, 0.15) is 5.75 Å². The van der Waals surface area contributed by atoms with Crippen LogP contribution in [0.5, 0.6) is 5.75 Å². The predicted molar refractivity (Wildman–Crippen MR) is 74.2 cm³/mol. The summed E-state index contributed by atoms with van der Waals surface area (Å²) in [5.74, 6) is 4.40. The molecule has 3 rings (SSSR count). The second kappa shape index (κ2) is 5.21. The Hall–Kier alpha value is -0.830. The number of anilines is 1. The number of fused-ring (bicyclic) bond motifs is 1. The first-order valence-electron chi connectivity index (χ1n) is 6.49. The quantitative estimate of drug-likeness (QED) is 0.889. The van der Waals surface area contributed by atoms with E-state index in [0.29, 0.717) is 0 Å². The van der Waals surface area contributed by atoms with E-state index in [1.807, 2.05) is 0 Å². The SMILES string of the molecule is c1cc2c(cc1OCC1CCCSC1)CCN2. The van der Waals surface area contributed by atoms with Gasteiger partial charge in [-0.2, -0.15) is 11.8 Å². The van der Waals surface area contributed by atoms with E-state index in [-0.39, 0.29) is 0 Å². The molecule has 92 valence electrons. The lowest BCUT2D eigenvalue weighted by molar-refractivity contribution is 0.252. The third kappa shape index (κ3) is 2.71. The van der Waals surface area contributed by atoms with Crippen molar-refractivity contribution in [2.45, 2.75) is 19.3 Å². The first-order chi connectivity index (χ1) is 8.42. The van der Waals surface area contributed by atoms with Crippen LogP contribution in [0.15, 0.2) is 18.2 Å². The molecule has 0 spiro atoms. The van der Waals surface area contributed by atoms with Crippen molar-refractivity contribution in [2.75, 3.05) is 30.0 Å². The Kier molecular flexibility index (Phi) is 3.46.